The Kier molecular flexibility index (Phi) is 20.1. The zero-order valence-corrected chi connectivity index (χ0v) is 31.1. The molecule has 0 aromatic heterocycles. The highest BCUT2D eigenvalue weighted by molar-refractivity contribution is 8.01. The average molecular weight is 807 g/mol. The van der Waals surface area contributed by atoms with Crippen LogP contribution in [0.1, 0.15) is 26.7 Å². The Labute approximate surface area is 314 Å². The Bertz CT molecular complexity index is 1100. The number of carbonyl (C=O) groups excluding carboxylic acids is 2. The van der Waals surface area contributed by atoms with Crippen LogP contribution in [-0.4, -0.2) is 200 Å². The number of amides is 2. The van der Waals surface area contributed by atoms with Crippen LogP contribution in [0.15, 0.2) is 0 Å². The van der Waals surface area contributed by atoms with Gasteiger partial charge >= 0.3 is 11.9 Å². The first-order valence-corrected chi connectivity index (χ1v) is 18.7. The van der Waals surface area contributed by atoms with Crippen molar-refractivity contribution in [1.29, 1.82) is 0 Å². The SMILES string of the molecule is CC(=O)N[C@H]1[C@H]([C@@H](O)[C@@H](O)CO)O[C@@](SCCOCCOCCOCCS[C@]2(C(=O)O)C[C@H](N)[C@@H](NC(C)=O)[C@H]([C@@H](O)[C@@H](O)CO)O2)(C(=O)O)C[C@@H]1N. The van der Waals surface area contributed by atoms with Crippen molar-refractivity contribution in [3.8, 4) is 0 Å². The highest BCUT2D eigenvalue weighted by Crippen LogP contribution is 2.41. The van der Waals surface area contributed by atoms with Gasteiger partial charge in [0.1, 0.15) is 36.6 Å². The topological polar surface area (TPSA) is 352 Å². The second-order valence-electron chi connectivity index (χ2n) is 12.5. The number of hydrogen-bond donors (Lipinski definition) is 12. The largest absolute Gasteiger partial charge is 0.478 e. The summed E-state index contributed by atoms with van der Waals surface area (Å²) in [6, 6.07) is -4.02. The van der Waals surface area contributed by atoms with Crippen molar-refractivity contribution in [2.75, 3.05) is 64.4 Å². The molecule has 0 radical (unpaired) electrons. The van der Waals surface area contributed by atoms with E-state index in [1.54, 1.807) is 0 Å². The number of nitrogens with one attached hydrogen (secondary N) is 2. The molecule has 12 atom stereocenters. The number of thioether (sulfide) groups is 2. The maximum absolute atomic E-state index is 12.3. The Morgan fingerprint density at radius 3 is 1.28 bits per heavy atom. The molecule has 2 aliphatic heterocycles. The molecule has 0 spiro atoms. The zero-order chi connectivity index (χ0) is 39.9. The molecular formula is C30H54N4O17S2. The van der Waals surface area contributed by atoms with E-state index < -0.39 is 108 Å². The van der Waals surface area contributed by atoms with Crippen LogP contribution >= 0.6 is 23.5 Å². The van der Waals surface area contributed by atoms with Crippen LogP contribution in [0.2, 0.25) is 0 Å². The molecule has 21 nitrogen and oxygen atoms in total. The molecule has 0 aromatic carbocycles. The molecule has 0 bridgehead atoms. The van der Waals surface area contributed by atoms with E-state index in [2.05, 4.69) is 10.6 Å². The number of ether oxygens (including phenoxy) is 5. The van der Waals surface area contributed by atoms with Crippen LogP contribution in [0.3, 0.4) is 0 Å². The second kappa shape index (κ2) is 22.6. The fraction of sp³-hybridized carbons (Fsp3) is 0.867. The summed E-state index contributed by atoms with van der Waals surface area (Å²) in [5.41, 5.74) is 12.4. The van der Waals surface area contributed by atoms with Crippen LogP contribution in [0.5, 0.6) is 0 Å². The van der Waals surface area contributed by atoms with Crippen molar-refractivity contribution in [2.45, 2.75) is 97.3 Å². The molecule has 0 unspecified atom stereocenters. The molecule has 2 saturated heterocycles. The smallest absolute Gasteiger partial charge is 0.346 e. The summed E-state index contributed by atoms with van der Waals surface area (Å²) in [6.45, 7) is 1.48. The Morgan fingerprint density at radius 2 is 1.00 bits per heavy atom. The second-order valence-corrected chi connectivity index (χ2v) is 15.2. The molecule has 0 aliphatic carbocycles. The number of carbonyl (C=O) groups is 4. The van der Waals surface area contributed by atoms with Gasteiger partial charge < -0.3 is 86.6 Å². The molecule has 0 saturated carbocycles. The highest BCUT2D eigenvalue weighted by atomic mass is 32.2. The quantitative estimate of drug-likeness (QED) is 0.0405. The van der Waals surface area contributed by atoms with Crippen LogP contribution in [-0.2, 0) is 42.9 Å². The number of hydrogen-bond acceptors (Lipinski definition) is 19. The van der Waals surface area contributed by atoms with E-state index in [1.165, 1.54) is 13.8 Å². The third kappa shape index (κ3) is 13.6. The van der Waals surface area contributed by atoms with Crippen LogP contribution < -0.4 is 22.1 Å². The third-order valence-electron chi connectivity index (χ3n) is 8.39. The van der Waals surface area contributed by atoms with Crippen LogP contribution in [0, 0.1) is 0 Å². The third-order valence-corrected chi connectivity index (χ3v) is 10.9. The van der Waals surface area contributed by atoms with Crippen molar-refractivity contribution >= 4 is 47.3 Å². The lowest BCUT2D eigenvalue weighted by molar-refractivity contribution is -0.192. The fourth-order valence-corrected chi connectivity index (χ4v) is 8.06. The highest BCUT2D eigenvalue weighted by Gasteiger charge is 2.55. The lowest BCUT2D eigenvalue weighted by Crippen LogP contribution is -2.68. The van der Waals surface area contributed by atoms with Crippen molar-refractivity contribution in [1.82, 2.24) is 10.6 Å². The molecule has 2 amide bonds. The molecule has 14 N–H and O–H groups in total. The van der Waals surface area contributed by atoms with Crippen LogP contribution in [0.25, 0.3) is 0 Å². The number of carboxylic acids is 2. The Balaban J connectivity index is 1.75. The summed E-state index contributed by atoms with van der Waals surface area (Å²) in [5.74, 6) is -3.56. The molecule has 308 valence electrons. The maximum atomic E-state index is 12.3. The number of carboxylic acid groups (broad SMARTS) is 2. The minimum absolute atomic E-state index is 0.0798. The standard InChI is InChI=1S/C30H54N4O17S2/c1-15(37)33-21-17(31)11-29(27(43)44,50-25(21)23(41)19(39)13-35)52-9-7-48-5-3-47-4-6-49-8-10-53-30(28(45)46)12-18(32)22(34-16(2)38)26(51-30)24(42)20(40)14-36/h17-26,35-36,39-42H,3-14,31-32H2,1-2H3,(H,33,37)(H,34,38)(H,43,44)(H,45,46)/t17-,18-,19-,20-,21+,22+,23-,24-,25+,26+,29-,30-/m0/s1. The van der Waals surface area contributed by atoms with Gasteiger partial charge in [0.05, 0.1) is 64.9 Å². The maximum Gasteiger partial charge on any atom is 0.346 e. The monoisotopic (exact) mass is 806 g/mol. The van der Waals surface area contributed by atoms with E-state index in [9.17, 15) is 60.0 Å². The minimum Gasteiger partial charge on any atom is -0.478 e. The van der Waals surface area contributed by atoms with Gasteiger partial charge in [0.2, 0.25) is 21.7 Å². The molecule has 53 heavy (non-hydrogen) atoms. The summed E-state index contributed by atoms with van der Waals surface area (Å²) in [5, 5.41) is 84.7. The first kappa shape index (κ1) is 47.2. The predicted octanol–water partition coefficient (Wildman–Crippen LogP) is -5.27. The molecule has 2 rings (SSSR count). The number of aliphatic hydroxyl groups is 6. The predicted molar refractivity (Wildman–Crippen MR) is 186 cm³/mol. The lowest BCUT2D eigenvalue weighted by Gasteiger charge is -2.47. The molecule has 2 heterocycles. The molecule has 2 fully saturated rings. The van der Waals surface area contributed by atoms with Crippen molar-refractivity contribution < 1.29 is 83.7 Å². The van der Waals surface area contributed by atoms with Gasteiger partial charge in [0.15, 0.2) is 0 Å². The van der Waals surface area contributed by atoms with E-state index in [0.717, 1.165) is 23.5 Å². The number of aliphatic hydroxyl groups excluding tert-OH is 6. The number of nitrogens with two attached hydrogens (primary N) is 2. The fourth-order valence-electron chi connectivity index (χ4n) is 5.77. The minimum atomic E-state index is -1.94. The summed E-state index contributed by atoms with van der Waals surface area (Å²) >= 11 is 1.71. The van der Waals surface area contributed by atoms with Gasteiger partial charge in [-0.25, -0.2) is 9.59 Å². The Morgan fingerprint density at radius 1 is 0.679 bits per heavy atom. The van der Waals surface area contributed by atoms with Gasteiger partial charge in [-0.05, 0) is 0 Å². The summed E-state index contributed by atoms with van der Waals surface area (Å²) in [7, 11) is 0. The van der Waals surface area contributed by atoms with Gasteiger partial charge in [-0.15, -0.1) is 23.5 Å². The van der Waals surface area contributed by atoms with E-state index in [1.807, 2.05) is 0 Å². The normalized spacial score (nSPS) is 31.2. The number of aliphatic carboxylic acids is 2. The summed E-state index contributed by atoms with van der Waals surface area (Å²) < 4.78 is 28.0. The van der Waals surface area contributed by atoms with E-state index >= 15 is 0 Å². The van der Waals surface area contributed by atoms with Crippen molar-refractivity contribution in [2.24, 2.45) is 11.5 Å². The van der Waals surface area contributed by atoms with Gasteiger partial charge in [-0.2, -0.15) is 0 Å². The summed E-state index contributed by atoms with van der Waals surface area (Å²) in [4.78, 5) is 44.2. The van der Waals surface area contributed by atoms with E-state index in [-0.39, 0.29) is 64.0 Å². The average Bonchev–Trinajstić information content (AvgIpc) is 3.10. The first-order chi connectivity index (χ1) is 24.9. The molecule has 0 aromatic rings. The van der Waals surface area contributed by atoms with Crippen LogP contribution in [0.4, 0.5) is 0 Å². The van der Waals surface area contributed by atoms with Gasteiger partial charge in [-0.1, -0.05) is 0 Å². The number of rotatable bonds is 24. The van der Waals surface area contributed by atoms with Gasteiger partial charge in [0.25, 0.3) is 0 Å². The van der Waals surface area contributed by atoms with Crippen molar-refractivity contribution in [3.63, 3.8) is 0 Å². The van der Waals surface area contributed by atoms with Gasteiger partial charge in [-0.3, -0.25) is 9.59 Å². The van der Waals surface area contributed by atoms with Crippen molar-refractivity contribution in [3.05, 3.63) is 0 Å². The molecule has 2 aliphatic rings. The van der Waals surface area contributed by atoms with E-state index in [4.69, 9.17) is 35.2 Å². The summed E-state index contributed by atoms with van der Waals surface area (Å²) in [6.07, 6.45) is -10.2. The van der Waals surface area contributed by atoms with Gasteiger partial charge in [0, 0.05) is 50.3 Å². The molecular weight excluding hydrogens is 752 g/mol. The van der Waals surface area contributed by atoms with E-state index in [0.29, 0.717) is 0 Å². The Hall–Kier alpha value is -1.94. The lowest BCUT2D eigenvalue weighted by atomic mass is 9.88. The first-order valence-electron chi connectivity index (χ1n) is 16.8. The molecule has 23 heteroatoms. The zero-order valence-electron chi connectivity index (χ0n) is 29.5.